The van der Waals surface area contributed by atoms with Crippen molar-refractivity contribution in [2.75, 3.05) is 62.9 Å². The van der Waals surface area contributed by atoms with E-state index in [0.29, 0.717) is 50.5 Å². The number of rotatable bonds is 10. The number of sulfonamides is 1. The third-order valence-electron chi connectivity index (χ3n) is 5.18. The summed E-state index contributed by atoms with van der Waals surface area (Å²) in [6, 6.07) is 4.99. The van der Waals surface area contributed by atoms with Crippen LogP contribution in [0, 0.1) is 5.92 Å². The zero-order valence-electron chi connectivity index (χ0n) is 18.1. The number of thioether (sulfide) groups is 1. The van der Waals surface area contributed by atoms with E-state index in [1.54, 1.807) is 42.4 Å². The molecule has 0 saturated carbocycles. The molecule has 3 heterocycles. The summed E-state index contributed by atoms with van der Waals surface area (Å²) in [4.78, 5) is 14.3. The molecule has 3 N–H and O–H groups in total. The van der Waals surface area contributed by atoms with E-state index in [0.717, 1.165) is 15.1 Å². The van der Waals surface area contributed by atoms with Crippen LogP contribution < -0.4 is 10.6 Å². The zero-order chi connectivity index (χ0) is 23.3. The van der Waals surface area contributed by atoms with Crippen molar-refractivity contribution >= 4 is 54.4 Å². The van der Waals surface area contributed by atoms with Crippen LogP contribution in [-0.4, -0.2) is 85.0 Å². The standard InChI is InChI=1S/C20H26N6O4S3/c1-31-15-11-22-19(23-12-15)21-9-14(13-27)10-24-20-25-17-3-2-16(8-18(17)32-20)33(28,29)26-4-6-30-7-5-26/h2-3,8,11-12,14,27H,4-7,9-10,13H2,1H3,(H,24,25)(H,21,22,23)/t14-/m1/s1. The normalized spacial score (nSPS) is 16.1. The van der Waals surface area contributed by atoms with Gasteiger partial charge in [-0.3, -0.25) is 0 Å². The van der Waals surface area contributed by atoms with E-state index in [4.69, 9.17) is 4.74 Å². The number of hydrogen-bond donors (Lipinski definition) is 3. The zero-order valence-corrected chi connectivity index (χ0v) is 20.5. The molecule has 1 saturated heterocycles. The number of aromatic nitrogens is 3. The molecule has 0 unspecified atom stereocenters. The molecule has 1 aliphatic rings. The SMILES string of the molecule is CSc1cnc(NC[C@@H](CO)CNc2nc3ccc(S(=O)(=O)N4CCOCC4)cc3s2)nc1. The van der Waals surface area contributed by atoms with Gasteiger partial charge in [0.1, 0.15) is 0 Å². The Labute approximate surface area is 200 Å². The maximum absolute atomic E-state index is 12.9. The fourth-order valence-corrected chi connectivity index (χ4v) is 6.00. The van der Waals surface area contributed by atoms with Crippen molar-refractivity contribution in [2.45, 2.75) is 9.79 Å². The van der Waals surface area contributed by atoms with Gasteiger partial charge in [-0.05, 0) is 24.5 Å². The molecular weight excluding hydrogens is 484 g/mol. The van der Waals surface area contributed by atoms with Crippen LogP contribution in [0.5, 0.6) is 0 Å². The van der Waals surface area contributed by atoms with Gasteiger partial charge in [-0.25, -0.2) is 23.4 Å². The molecule has 0 bridgehead atoms. The topological polar surface area (TPSA) is 130 Å². The fraction of sp³-hybridized carbons (Fsp3) is 0.450. The number of anilines is 2. The third kappa shape index (κ3) is 5.91. The average Bonchev–Trinajstić information content (AvgIpc) is 3.27. The second-order valence-corrected chi connectivity index (χ2v) is 11.3. The van der Waals surface area contributed by atoms with Gasteiger partial charge < -0.3 is 20.5 Å². The summed E-state index contributed by atoms with van der Waals surface area (Å²) in [6.07, 6.45) is 5.47. The molecule has 4 rings (SSSR count). The van der Waals surface area contributed by atoms with Crippen LogP contribution in [0.4, 0.5) is 11.1 Å². The number of thiazole rings is 1. The Morgan fingerprint density at radius 1 is 1.21 bits per heavy atom. The highest BCUT2D eigenvalue weighted by atomic mass is 32.2. The Hall–Kier alpha value is -2.03. The van der Waals surface area contributed by atoms with E-state index in [1.165, 1.54) is 15.6 Å². The van der Waals surface area contributed by atoms with Gasteiger partial charge in [0.15, 0.2) is 5.13 Å². The van der Waals surface area contributed by atoms with Gasteiger partial charge in [-0.1, -0.05) is 11.3 Å². The maximum Gasteiger partial charge on any atom is 0.243 e. The summed E-state index contributed by atoms with van der Waals surface area (Å²) in [7, 11) is -3.55. The number of benzene rings is 1. The van der Waals surface area contributed by atoms with Gasteiger partial charge in [-0.15, -0.1) is 11.8 Å². The minimum Gasteiger partial charge on any atom is -0.396 e. The summed E-state index contributed by atoms with van der Waals surface area (Å²) in [5, 5.41) is 16.8. The molecule has 10 nitrogen and oxygen atoms in total. The molecular formula is C20H26N6O4S3. The first-order valence-electron chi connectivity index (χ1n) is 10.4. The maximum atomic E-state index is 12.9. The van der Waals surface area contributed by atoms with Gasteiger partial charge in [0.25, 0.3) is 0 Å². The summed E-state index contributed by atoms with van der Waals surface area (Å²) in [5.74, 6) is 0.429. The lowest BCUT2D eigenvalue weighted by atomic mass is 10.1. The van der Waals surface area contributed by atoms with Crippen LogP contribution in [0.25, 0.3) is 10.2 Å². The highest BCUT2D eigenvalue weighted by Crippen LogP contribution is 2.29. The predicted octanol–water partition coefficient (Wildman–Crippen LogP) is 1.96. The number of aliphatic hydroxyl groups is 1. The predicted molar refractivity (Wildman–Crippen MR) is 131 cm³/mol. The molecule has 1 aliphatic heterocycles. The van der Waals surface area contributed by atoms with E-state index < -0.39 is 10.0 Å². The quantitative estimate of drug-likeness (QED) is 0.348. The first-order valence-corrected chi connectivity index (χ1v) is 13.9. The average molecular weight is 511 g/mol. The second kappa shape index (κ2) is 10.9. The molecule has 1 atom stereocenters. The molecule has 178 valence electrons. The van der Waals surface area contributed by atoms with Crippen molar-refractivity contribution in [3.63, 3.8) is 0 Å². The lowest BCUT2D eigenvalue weighted by Gasteiger charge is -2.25. The summed E-state index contributed by atoms with van der Waals surface area (Å²) >= 11 is 2.96. The molecule has 0 amide bonds. The summed E-state index contributed by atoms with van der Waals surface area (Å²) < 4.78 is 33.3. The highest BCUT2D eigenvalue weighted by molar-refractivity contribution is 7.98. The van der Waals surface area contributed by atoms with Crippen molar-refractivity contribution in [1.29, 1.82) is 0 Å². The first-order chi connectivity index (χ1) is 16.0. The minimum absolute atomic E-state index is 0.0181. The molecule has 13 heteroatoms. The fourth-order valence-electron chi connectivity index (χ4n) is 3.26. The number of morpholine rings is 1. The molecule has 2 aromatic heterocycles. The van der Waals surface area contributed by atoms with Crippen LogP contribution in [0.15, 0.2) is 40.4 Å². The summed E-state index contributed by atoms with van der Waals surface area (Å²) in [5.41, 5.74) is 0.726. The Morgan fingerprint density at radius 2 is 1.94 bits per heavy atom. The van der Waals surface area contributed by atoms with Gasteiger partial charge >= 0.3 is 0 Å². The number of fused-ring (bicyclic) bond motifs is 1. The number of ether oxygens (including phenoxy) is 1. The summed E-state index contributed by atoms with van der Waals surface area (Å²) in [6.45, 7) is 2.51. The van der Waals surface area contributed by atoms with Crippen LogP contribution in [0.1, 0.15) is 0 Å². The van der Waals surface area contributed by atoms with Crippen LogP contribution >= 0.6 is 23.1 Å². The molecule has 33 heavy (non-hydrogen) atoms. The van der Waals surface area contributed by atoms with Gasteiger partial charge in [0, 0.05) is 56.0 Å². The van der Waals surface area contributed by atoms with Crippen LogP contribution in [-0.2, 0) is 14.8 Å². The third-order valence-corrected chi connectivity index (χ3v) is 8.73. The van der Waals surface area contributed by atoms with Crippen LogP contribution in [0.3, 0.4) is 0 Å². The minimum atomic E-state index is -3.55. The van der Waals surface area contributed by atoms with Crippen molar-refractivity contribution < 1.29 is 18.3 Å². The van der Waals surface area contributed by atoms with E-state index >= 15 is 0 Å². The lowest BCUT2D eigenvalue weighted by molar-refractivity contribution is 0.0730. The Kier molecular flexibility index (Phi) is 7.98. The first kappa shape index (κ1) is 24.1. The van der Waals surface area contributed by atoms with Crippen molar-refractivity contribution in [3.8, 4) is 0 Å². The molecule has 0 aliphatic carbocycles. The smallest absolute Gasteiger partial charge is 0.243 e. The monoisotopic (exact) mass is 510 g/mol. The van der Waals surface area contributed by atoms with Crippen LogP contribution in [0.2, 0.25) is 0 Å². The lowest BCUT2D eigenvalue weighted by Crippen LogP contribution is -2.40. The van der Waals surface area contributed by atoms with Gasteiger partial charge in [-0.2, -0.15) is 4.31 Å². The number of nitrogens with zero attached hydrogens (tertiary/aromatic N) is 4. The highest BCUT2D eigenvalue weighted by Gasteiger charge is 2.26. The second-order valence-electron chi connectivity index (χ2n) is 7.42. The van der Waals surface area contributed by atoms with Crippen molar-refractivity contribution in [1.82, 2.24) is 19.3 Å². The van der Waals surface area contributed by atoms with Gasteiger partial charge in [0.05, 0.1) is 28.3 Å². The van der Waals surface area contributed by atoms with Crippen molar-refractivity contribution in [2.24, 2.45) is 5.92 Å². The van der Waals surface area contributed by atoms with E-state index in [9.17, 15) is 13.5 Å². The van der Waals surface area contributed by atoms with Gasteiger partial charge in [0.2, 0.25) is 16.0 Å². The van der Waals surface area contributed by atoms with Crippen molar-refractivity contribution in [3.05, 3.63) is 30.6 Å². The van der Waals surface area contributed by atoms with E-state index in [-0.39, 0.29) is 17.4 Å². The Bertz CT molecular complexity index is 1170. The molecule has 0 radical (unpaired) electrons. The molecule has 1 aromatic carbocycles. The molecule has 0 spiro atoms. The number of nitrogens with one attached hydrogen (secondary N) is 2. The van der Waals surface area contributed by atoms with E-state index in [1.807, 2.05) is 6.26 Å². The molecule has 1 fully saturated rings. The Morgan fingerprint density at radius 3 is 2.64 bits per heavy atom. The Balaban J connectivity index is 1.37. The van der Waals surface area contributed by atoms with E-state index in [2.05, 4.69) is 25.6 Å². The molecule has 3 aromatic rings. The largest absolute Gasteiger partial charge is 0.396 e. The number of hydrogen-bond acceptors (Lipinski definition) is 11. The number of aliphatic hydroxyl groups excluding tert-OH is 1.